The molecule has 0 unspecified atom stereocenters. The number of benzene rings is 1. The van der Waals surface area contributed by atoms with Gasteiger partial charge in [-0.15, -0.1) is 0 Å². The fourth-order valence-electron chi connectivity index (χ4n) is 1.42. The van der Waals surface area contributed by atoms with E-state index in [4.69, 9.17) is 27.4 Å². The summed E-state index contributed by atoms with van der Waals surface area (Å²) in [7, 11) is 1.11. The second-order valence-electron chi connectivity index (χ2n) is 3.77. The average molecular weight is 297 g/mol. The van der Waals surface area contributed by atoms with Crippen LogP contribution in [0.4, 0.5) is 0 Å². The van der Waals surface area contributed by atoms with Gasteiger partial charge in [-0.3, -0.25) is 0 Å². The number of hydrogen-bond acceptors (Lipinski definition) is 3. The maximum atomic E-state index is 11.2. The maximum Gasteiger partial charge on any atom is 0.336 e. The lowest BCUT2D eigenvalue weighted by molar-refractivity contribution is 0.0695. The quantitative estimate of drug-likeness (QED) is 0.870. The van der Waals surface area contributed by atoms with Crippen LogP contribution in [0, 0.1) is 0 Å². The Morgan fingerprint density at radius 3 is 2.24 bits per heavy atom. The van der Waals surface area contributed by atoms with Gasteiger partial charge in [0.2, 0.25) is 0 Å². The molecule has 7 heteroatoms. The molecule has 1 aromatic carbocycles. The number of rotatable bonds is 3. The highest BCUT2D eigenvalue weighted by Crippen LogP contribution is 2.31. The summed E-state index contributed by atoms with van der Waals surface area (Å²) >= 11 is 5.78. The summed E-state index contributed by atoms with van der Waals surface area (Å²) in [4.78, 5) is 10.6. The first-order chi connectivity index (χ1) is 7.64. The highest BCUT2D eigenvalue weighted by atomic mass is 35.7. The molecule has 94 valence electrons. The van der Waals surface area contributed by atoms with E-state index >= 15 is 0 Å². The molecule has 0 radical (unpaired) electrons. The smallest absolute Gasteiger partial charge is 0.336 e. The monoisotopic (exact) mass is 296 g/mol. The minimum atomic E-state index is -4.06. The van der Waals surface area contributed by atoms with E-state index in [0.29, 0.717) is 5.56 Å². The van der Waals surface area contributed by atoms with Crippen LogP contribution >= 0.6 is 22.3 Å². The highest BCUT2D eigenvalue weighted by Gasteiger charge is 2.22. The van der Waals surface area contributed by atoms with Crippen molar-refractivity contribution in [2.75, 3.05) is 0 Å². The second-order valence-corrected chi connectivity index (χ2v) is 6.71. The topological polar surface area (TPSA) is 71.4 Å². The van der Waals surface area contributed by atoms with Crippen LogP contribution in [0.15, 0.2) is 17.0 Å². The van der Waals surface area contributed by atoms with E-state index in [-0.39, 0.29) is 21.4 Å². The van der Waals surface area contributed by atoms with E-state index in [1.54, 1.807) is 13.8 Å². The van der Waals surface area contributed by atoms with Gasteiger partial charge in [-0.25, -0.2) is 13.2 Å². The van der Waals surface area contributed by atoms with E-state index in [1.165, 1.54) is 6.07 Å². The van der Waals surface area contributed by atoms with Crippen LogP contribution in [0.3, 0.4) is 0 Å². The third-order valence-corrected chi connectivity index (χ3v) is 4.01. The van der Waals surface area contributed by atoms with E-state index in [2.05, 4.69) is 0 Å². The molecule has 1 rings (SSSR count). The normalized spacial score (nSPS) is 11.8. The zero-order valence-electron chi connectivity index (χ0n) is 9.07. The first kappa shape index (κ1) is 14.3. The molecule has 0 atom stereocenters. The van der Waals surface area contributed by atoms with Crippen molar-refractivity contribution in [3.63, 3.8) is 0 Å². The standard InChI is InChI=1S/C10H10Cl2O4S/c1-5(2)6-3-8(11)9(17(12,15)16)4-7(6)10(13)14/h3-5H,1-2H3,(H,13,14). The molecule has 0 fully saturated rings. The number of hydrogen-bond donors (Lipinski definition) is 1. The predicted octanol–water partition coefficient (Wildman–Crippen LogP) is 3.09. The summed E-state index contributed by atoms with van der Waals surface area (Å²) in [5, 5.41) is 8.94. The molecule has 1 N–H and O–H groups in total. The predicted molar refractivity (Wildman–Crippen MR) is 65.5 cm³/mol. The first-order valence-electron chi connectivity index (χ1n) is 4.66. The summed E-state index contributed by atoms with van der Waals surface area (Å²) < 4.78 is 22.4. The van der Waals surface area contributed by atoms with Crippen molar-refractivity contribution < 1.29 is 18.3 Å². The van der Waals surface area contributed by atoms with Crippen LogP contribution in [0.2, 0.25) is 5.02 Å². The molecule has 4 nitrogen and oxygen atoms in total. The second kappa shape index (κ2) is 4.84. The van der Waals surface area contributed by atoms with Crippen LogP contribution in [-0.2, 0) is 9.05 Å². The number of carboxylic acid groups (broad SMARTS) is 1. The molecule has 0 saturated heterocycles. The van der Waals surface area contributed by atoms with Crippen molar-refractivity contribution >= 4 is 37.3 Å². The number of carbonyl (C=O) groups is 1. The van der Waals surface area contributed by atoms with Crippen molar-refractivity contribution in [1.29, 1.82) is 0 Å². The number of halogens is 2. The molecular weight excluding hydrogens is 287 g/mol. The third-order valence-electron chi connectivity index (χ3n) is 2.22. The minimum Gasteiger partial charge on any atom is -0.478 e. The van der Waals surface area contributed by atoms with Gasteiger partial charge in [0, 0.05) is 10.7 Å². The molecule has 1 aromatic rings. The van der Waals surface area contributed by atoms with Gasteiger partial charge < -0.3 is 5.11 Å². The summed E-state index contributed by atoms with van der Waals surface area (Å²) in [5.74, 6) is -1.31. The lowest BCUT2D eigenvalue weighted by Gasteiger charge is -2.12. The zero-order chi connectivity index (χ0) is 13.4. The van der Waals surface area contributed by atoms with Crippen LogP contribution in [0.25, 0.3) is 0 Å². The third kappa shape index (κ3) is 3.12. The van der Waals surface area contributed by atoms with Gasteiger partial charge in [0.05, 0.1) is 10.6 Å². The minimum absolute atomic E-state index is 0.0753. The maximum absolute atomic E-state index is 11.2. The summed E-state index contributed by atoms with van der Waals surface area (Å²) in [5.41, 5.74) is 0.357. The van der Waals surface area contributed by atoms with Crippen molar-refractivity contribution in [1.82, 2.24) is 0 Å². The van der Waals surface area contributed by atoms with Crippen molar-refractivity contribution in [3.05, 3.63) is 28.3 Å². The molecule has 0 aliphatic rings. The molecule has 0 amide bonds. The molecule has 0 bridgehead atoms. The highest BCUT2D eigenvalue weighted by molar-refractivity contribution is 8.13. The number of aromatic carboxylic acids is 1. The Kier molecular flexibility index (Phi) is 4.06. The Labute approximate surface area is 109 Å². The SMILES string of the molecule is CC(C)c1cc(Cl)c(S(=O)(=O)Cl)cc1C(=O)O. The van der Waals surface area contributed by atoms with Crippen LogP contribution in [0.1, 0.15) is 35.7 Å². The van der Waals surface area contributed by atoms with Crippen molar-refractivity contribution in [2.45, 2.75) is 24.7 Å². The van der Waals surface area contributed by atoms with E-state index < -0.39 is 15.0 Å². The molecule has 0 aromatic heterocycles. The molecule has 0 aliphatic heterocycles. The molecule has 0 heterocycles. The fraction of sp³-hybridized carbons (Fsp3) is 0.300. The van der Waals surface area contributed by atoms with Gasteiger partial charge >= 0.3 is 5.97 Å². The summed E-state index contributed by atoms with van der Waals surface area (Å²) in [6.07, 6.45) is 0. The molecule has 17 heavy (non-hydrogen) atoms. The zero-order valence-corrected chi connectivity index (χ0v) is 11.4. The average Bonchev–Trinajstić information content (AvgIpc) is 2.14. The Morgan fingerprint density at radius 1 is 1.35 bits per heavy atom. The molecule has 0 saturated carbocycles. The van der Waals surface area contributed by atoms with Gasteiger partial charge in [0.25, 0.3) is 9.05 Å². The summed E-state index contributed by atoms with van der Waals surface area (Å²) in [6.45, 7) is 3.57. The van der Waals surface area contributed by atoms with Gasteiger partial charge in [-0.1, -0.05) is 25.4 Å². The first-order valence-corrected chi connectivity index (χ1v) is 7.34. The Balaban J connectivity index is 3.63. The molecule has 0 spiro atoms. The molecule has 0 aliphatic carbocycles. The van der Waals surface area contributed by atoms with Gasteiger partial charge in [-0.05, 0) is 23.6 Å². The lowest BCUT2D eigenvalue weighted by atomic mass is 9.97. The van der Waals surface area contributed by atoms with Crippen molar-refractivity contribution in [3.8, 4) is 0 Å². The van der Waals surface area contributed by atoms with Crippen LogP contribution in [0.5, 0.6) is 0 Å². The van der Waals surface area contributed by atoms with Crippen LogP contribution in [-0.4, -0.2) is 19.5 Å². The Hall–Kier alpha value is -0.780. The van der Waals surface area contributed by atoms with Gasteiger partial charge in [-0.2, -0.15) is 0 Å². The molecular formula is C10H10Cl2O4S. The Morgan fingerprint density at radius 2 is 1.88 bits per heavy atom. The van der Waals surface area contributed by atoms with E-state index in [1.807, 2.05) is 0 Å². The summed E-state index contributed by atoms with van der Waals surface area (Å²) in [6, 6.07) is 2.31. The van der Waals surface area contributed by atoms with Gasteiger partial charge in [0.15, 0.2) is 0 Å². The van der Waals surface area contributed by atoms with Gasteiger partial charge in [0.1, 0.15) is 4.90 Å². The van der Waals surface area contributed by atoms with E-state index in [0.717, 1.165) is 6.07 Å². The lowest BCUT2D eigenvalue weighted by Crippen LogP contribution is -2.06. The number of carboxylic acids is 1. The van der Waals surface area contributed by atoms with Crippen LogP contribution < -0.4 is 0 Å². The largest absolute Gasteiger partial charge is 0.478 e. The fourth-order valence-corrected chi connectivity index (χ4v) is 2.95. The Bertz CT molecular complexity index is 564. The van der Waals surface area contributed by atoms with E-state index in [9.17, 15) is 13.2 Å². The van der Waals surface area contributed by atoms with Crippen molar-refractivity contribution in [2.24, 2.45) is 0 Å².